The second kappa shape index (κ2) is 3.27. The standard InChI is InChI=1S/C12H24O/c1-6-12(7-2)9(8-10(12)13)11(3,4)5/h9-10,13H,6-8H2,1-5H3. The van der Waals surface area contributed by atoms with E-state index < -0.39 is 0 Å². The Kier molecular flexibility index (Phi) is 2.78. The molecular weight excluding hydrogens is 160 g/mol. The Morgan fingerprint density at radius 2 is 1.69 bits per heavy atom. The molecule has 0 amide bonds. The van der Waals surface area contributed by atoms with Crippen molar-refractivity contribution in [3.8, 4) is 0 Å². The van der Waals surface area contributed by atoms with Crippen molar-refractivity contribution in [3.63, 3.8) is 0 Å². The van der Waals surface area contributed by atoms with Gasteiger partial charge in [0.1, 0.15) is 0 Å². The molecule has 78 valence electrons. The van der Waals surface area contributed by atoms with Crippen molar-refractivity contribution in [2.45, 2.75) is 60.0 Å². The molecule has 0 saturated heterocycles. The summed E-state index contributed by atoms with van der Waals surface area (Å²) in [6.45, 7) is 11.3. The molecule has 1 saturated carbocycles. The topological polar surface area (TPSA) is 20.2 Å². The van der Waals surface area contributed by atoms with Crippen LogP contribution in [0.3, 0.4) is 0 Å². The lowest BCUT2D eigenvalue weighted by Crippen LogP contribution is -2.57. The van der Waals surface area contributed by atoms with Gasteiger partial charge in [0.05, 0.1) is 6.10 Å². The lowest BCUT2D eigenvalue weighted by Gasteiger charge is -2.58. The van der Waals surface area contributed by atoms with Crippen molar-refractivity contribution in [2.75, 3.05) is 0 Å². The van der Waals surface area contributed by atoms with Crippen LogP contribution in [-0.2, 0) is 0 Å². The van der Waals surface area contributed by atoms with E-state index in [-0.39, 0.29) is 11.5 Å². The van der Waals surface area contributed by atoms with E-state index >= 15 is 0 Å². The largest absolute Gasteiger partial charge is 0.393 e. The maximum atomic E-state index is 9.89. The third-order valence-corrected chi connectivity index (χ3v) is 4.18. The minimum Gasteiger partial charge on any atom is -0.393 e. The van der Waals surface area contributed by atoms with Crippen molar-refractivity contribution >= 4 is 0 Å². The van der Waals surface area contributed by atoms with Gasteiger partial charge in [-0.25, -0.2) is 0 Å². The molecule has 1 aliphatic rings. The van der Waals surface area contributed by atoms with Crippen LogP contribution < -0.4 is 0 Å². The van der Waals surface area contributed by atoms with Gasteiger partial charge in [0.15, 0.2) is 0 Å². The zero-order valence-electron chi connectivity index (χ0n) is 9.72. The van der Waals surface area contributed by atoms with Crippen LogP contribution in [0.5, 0.6) is 0 Å². The predicted molar refractivity (Wildman–Crippen MR) is 56.6 cm³/mol. The SMILES string of the molecule is CCC1(CC)C(O)CC1C(C)(C)C. The Labute approximate surface area is 82.5 Å². The molecule has 0 aromatic heterocycles. The number of aliphatic hydroxyl groups is 1. The first-order valence-electron chi connectivity index (χ1n) is 5.56. The molecule has 0 aliphatic heterocycles. The van der Waals surface area contributed by atoms with Crippen molar-refractivity contribution < 1.29 is 5.11 Å². The molecule has 0 aromatic carbocycles. The zero-order valence-corrected chi connectivity index (χ0v) is 9.72. The maximum absolute atomic E-state index is 9.89. The molecule has 0 heterocycles. The Bertz CT molecular complexity index is 174. The summed E-state index contributed by atoms with van der Waals surface area (Å²) in [5.41, 5.74) is 0.573. The number of rotatable bonds is 2. The van der Waals surface area contributed by atoms with Gasteiger partial charge in [-0.3, -0.25) is 0 Å². The number of aliphatic hydroxyl groups excluding tert-OH is 1. The first-order valence-corrected chi connectivity index (χ1v) is 5.56. The molecular formula is C12H24O. The molecule has 2 unspecified atom stereocenters. The summed E-state index contributed by atoms with van der Waals surface area (Å²) in [5, 5.41) is 9.89. The Morgan fingerprint density at radius 3 is 1.85 bits per heavy atom. The van der Waals surface area contributed by atoms with E-state index in [1.807, 2.05) is 0 Å². The fourth-order valence-electron chi connectivity index (χ4n) is 3.19. The van der Waals surface area contributed by atoms with E-state index in [0.29, 0.717) is 11.3 Å². The van der Waals surface area contributed by atoms with Gasteiger partial charge >= 0.3 is 0 Å². The Balaban J connectivity index is 2.81. The quantitative estimate of drug-likeness (QED) is 0.698. The highest BCUT2D eigenvalue weighted by Crippen LogP contribution is 2.58. The number of hydrogen-bond acceptors (Lipinski definition) is 1. The average molecular weight is 184 g/mol. The van der Waals surface area contributed by atoms with Crippen LogP contribution in [0.2, 0.25) is 0 Å². The minimum atomic E-state index is -0.0493. The van der Waals surface area contributed by atoms with Crippen molar-refractivity contribution in [3.05, 3.63) is 0 Å². The van der Waals surface area contributed by atoms with E-state index in [1.54, 1.807) is 0 Å². The van der Waals surface area contributed by atoms with Gasteiger partial charge in [0.2, 0.25) is 0 Å². The molecule has 0 bridgehead atoms. The second-order valence-electron chi connectivity index (χ2n) is 5.61. The van der Waals surface area contributed by atoms with Crippen LogP contribution in [0.25, 0.3) is 0 Å². The van der Waals surface area contributed by atoms with Crippen LogP contribution in [0.15, 0.2) is 0 Å². The molecule has 1 heteroatoms. The van der Waals surface area contributed by atoms with E-state index in [4.69, 9.17) is 0 Å². The Hall–Kier alpha value is -0.0400. The van der Waals surface area contributed by atoms with E-state index in [9.17, 15) is 5.11 Å². The molecule has 1 fully saturated rings. The van der Waals surface area contributed by atoms with Crippen molar-refractivity contribution in [1.29, 1.82) is 0 Å². The van der Waals surface area contributed by atoms with Gasteiger partial charge in [0.25, 0.3) is 0 Å². The lowest BCUT2D eigenvalue weighted by molar-refractivity contribution is -0.166. The molecule has 0 radical (unpaired) electrons. The summed E-state index contributed by atoms with van der Waals surface area (Å²) in [5.74, 6) is 0.699. The Morgan fingerprint density at radius 1 is 1.23 bits per heavy atom. The first kappa shape index (κ1) is 11.0. The lowest BCUT2D eigenvalue weighted by atomic mass is 9.48. The smallest absolute Gasteiger partial charge is 0.0602 e. The molecule has 13 heavy (non-hydrogen) atoms. The number of hydrogen-bond donors (Lipinski definition) is 1. The minimum absolute atomic E-state index is 0.0493. The summed E-state index contributed by atoms with van der Waals surface area (Å²) >= 11 is 0. The van der Waals surface area contributed by atoms with Gasteiger partial charge in [-0.05, 0) is 36.0 Å². The molecule has 1 rings (SSSR count). The van der Waals surface area contributed by atoms with Crippen molar-refractivity contribution in [2.24, 2.45) is 16.7 Å². The second-order valence-corrected chi connectivity index (χ2v) is 5.61. The highest BCUT2D eigenvalue weighted by Gasteiger charge is 2.55. The van der Waals surface area contributed by atoms with Crippen LogP contribution in [0, 0.1) is 16.7 Å². The molecule has 1 aliphatic carbocycles. The van der Waals surface area contributed by atoms with E-state index in [0.717, 1.165) is 19.3 Å². The van der Waals surface area contributed by atoms with Crippen LogP contribution in [-0.4, -0.2) is 11.2 Å². The molecule has 0 spiro atoms. The summed E-state index contributed by atoms with van der Waals surface area (Å²) in [6.07, 6.45) is 3.19. The van der Waals surface area contributed by atoms with Gasteiger partial charge in [0, 0.05) is 0 Å². The summed E-state index contributed by atoms with van der Waals surface area (Å²) in [6, 6.07) is 0. The van der Waals surface area contributed by atoms with Gasteiger partial charge in [-0.2, -0.15) is 0 Å². The highest BCUT2D eigenvalue weighted by atomic mass is 16.3. The van der Waals surface area contributed by atoms with E-state index in [1.165, 1.54) is 0 Å². The van der Waals surface area contributed by atoms with Gasteiger partial charge in [-0.15, -0.1) is 0 Å². The van der Waals surface area contributed by atoms with Crippen LogP contribution in [0.1, 0.15) is 53.9 Å². The third kappa shape index (κ3) is 1.52. The third-order valence-electron chi connectivity index (χ3n) is 4.18. The molecule has 0 aromatic rings. The van der Waals surface area contributed by atoms with Crippen LogP contribution in [0.4, 0.5) is 0 Å². The molecule has 1 nitrogen and oxygen atoms in total. The first-order chi connectivity index (χ1) is 5.88. The fourth-order valence-corrected chi connectivity index (χ4v) is 3.19. The summed E-state index contributed by atoms with van der Waals surface area (Å²) in [7, 11) is 0. The average Bonchev–Trinajstić information content (AvgIpc) is 2.01. The highest BCUT2D eigenvalue weighted by molar-refractivity contribution is 5.05. The monoisotopic (exact) mass is 184 g/mol. The van der Waals surface area contributed by atoms with E-state index in [2.05, 4.69) is 34.6 Å². The zero-order chi connectivity index (χ0) is 10.3. The molecule has 2 atom stereocenters. The molecule has 1 N–H and O–H groups in total. The normalized spacial score (nSPS) is 32.8. The van der Waals surface area contributed by atoms with Gasteiger partial charge < -0.3 is 5.11 Å². The fraction of sp³-hybridized carbons (Fsp3) is 1.00. The predicted octanol–water partition coefficient (Wildman–Crippen LogP) is 3.22. The summed E-state index contributed by atoms with van der Waals surface area (Å²) < 4.78 is 0. The van der Waals surface area contributed by atoms with Gasteiger partial charge in [-0.1, -0.05) is 34.6 Å². The van der Waals surface area contributed by atoms with Crippen LogP contribution >= 0.6 is 0 Å². The summed E-state index contributed by atoms with van der Waals surface area (Å²) in [4.78, 5) is 0. The maximum Gasteiger partial charge on any atom is 0.0602 e. The van der Waals surface area contributed by atoms with Crippen molar-refractivity contribution in [1.82, 2.24) is 0 Å².